The van der Waals surface area contributed by atoms with Crippen LogP contribution < -0.4 is 5.48 Å². The van der Waals surface area contributed by atoms with Crippen LogP contribution in [0.25, 0.3) is 0 Å². The Kier molecular flexibility index (Phi) is 4.31. The number of carbonyl (C=O) groups is 2. The van der Waals surface area contributed by atoms with E-state index in [9.17, 15) is 9.59 Å². The van der Waals surface area contributed by atoms with Crippen molar-refractivity contribution in [1.82, 2.24) is 5.48 Å². The first kappa shape index (κ1) is 14.0. The van der Waals surface area contributed by atoms with Crippen molar-refractivity contribution in [3.05, 3.63) is 35.4 Å². The topological polar surface area (TPSA) is 64.6 Å². The quantitative estimate of drug-likeness (QED) is 0.779. The fourth-order valence-corrected chi connectivity index (χ4v) is 1.24. The highest BCUT2D eigenvalue weighted by atomic mass is 16.7. The van der Waals surface area contributed by atoms with Crippen LogP contribution in [0.1, 0.15) is 36.7 Å². The van der Waals surface area contributed by atoms with Gasteiger partial charge in [-0.05, 0) is 39.3 Å². The van der Waals surface area contributed by atoms with Gasteiger partial charge in [-0.2, -0.15) is 0 Å². The normalized spacial score (nSPS) is 10.7. The van der Waals surface area contributed by atoms with Crippen molar-refractivity contribution in [3.63, 3.8) is 0 Å². The summed E-state index contributed by atoms with van der Waals surface area (Å²) in [7, 11) is 0. The second kappa shape index (κ2) is 5.53. The number of benzene rings is 1. The molecule has 0 unspecified atom stereocenters. The molecular formula is C13H17NO4. The highest BCUT2D eigenvalue weighted by molar-refractivity contribution is 5.91. The SMILES string of the molecule is Cc1ccccc1C(=O)ONC(=O)OC(C)(C)C. The molecule has 1 N–H and O–H groups in total. The summed E-state index contributed by atoms with van der Waals surface area (Å²) in [6.07, 6.45) is -0.801. The van der Waals surface area contributed by atoms with E-state index in [1.165, 1.54) is 0 Å². The Morgan fingerprint density at radius 1 is 1.17 bits per heavy atom. The van der Waals surface area contributed by atoms with Crippen molar-refractivity contribution in [2.45, 2.75) is 33.3 Å². The summed E-state index contributed by atoms with van der Waals surface area (Å²) in [6, 6.07) is 6.93. The molecule has 0 spiro atoms. The van der Waals surface area contributed by atoms with Crippen molar-refractivity contribution >= 4 is 12.1 Å². The van der Waals surface area contributed by atoms with E-state index in [1.54, 1.807) is 45.9 Å². The Morgan fingerprint density at radius 2 is 1.78 bits per heavy atom. The summed E-state index contributed by atoms with van der Waals surface area (Å²) in [5, 5.41) is 0. The smallest absolute Gasteiger partial charge is 0.441 e. The Hall–Kier alpha value is -2.04. The van der Waals surface area contributed by atoms with E-state index >= 15 is 0 Å². The van der Waals surface area contributed by atoms with E-state index in [-0.39, 0.29) is 0 Å². The van der Waals surface area contributed by atoms with Gasteiger partial charge in [-0.3, -0.25) is 0 Å². The second-order valence-electron chi connectivity index (χ2n) is 4.81. The van der Waals surface area contributed by atoms with Gasteiger partial charge in [0.2, 0.25) is 0 Å². The number of nitrogens with one attached hydrogen (secondary N) is 1. The molecule has 5 nitrogen and oxygen atoms in total. The van der Waals surface area contributed by atoms with E-state index < -0.39 is 17.7 Å². The number of hydrogen-bond acceptors (Lipinski definition) is 4. The molecule has 0 aliphatic rings. The van der Waals surface area contributed by atoms with E-state index in [1.807, 2.05) is 11.5 Å². The van der Waals surface area contributed by atoms with Gasteiger partial charge in [0.15, 0.2) is 0 Å². The number of aryl methyl sites for hydroxylation is 1. The molecule has 1 aromatic rings. The van der Waals surface area contributed by atoms with Crippen LogP contribution in [0.3, 0.4) is 0 Å². The minimum absolute atomic E-state index is 0.397. The largest absolute Gasteiger partial charge is 0.442 e. The number of amides is 1. The minimum Gasteiger partial charge on any atom is -0.442 e. The molecule has 0 saturated heterocycles. The molecule has 1 aromatic carbocycles. The van der Waals surface area contributed by atoms with Gasteiger partial charge in [0, 0.05) is 0 Å². The fraction of sp³-hybridized carbons (Fsp3) is 0.385. The molecule has 0 radical (unpaired) electrons. The summed E-state index contributed by atoms with van der Waals surface area (Å²) in [5.41, 5.74) is 2.48. The summed E-state index contributed by atoms with van der Waals surface area (Å²) >= 11 is 0. The fourth-order valence-electron chi connectivity index (χ4n) is 1.24. The van der Waals surface area contributed by atoms with Crippen LogP contribution in [0.2, 0.25) is 0 Å². The molecule has 98 valence electrons. The first-order valence-electron chi connectivity index (χ1n) is 5.55. The Balaban J connectivity index is 2.52. The third kappa shape index (κ3) is 4.45. The Morgan fingerprint density at radius 3 is 2.33 bits per heavy atom. The molecule has 0 aromatic heterocycles. The summed E-state index contributed by atoms with van der Waals surface area (Å²) < 4.78 is 4.93. The number of carbonyl (C=O) groups excluding carboxylic acids is 2. The van der Waals surface area contributed by atoms with Gasteiger partial charge in [0.1, 0.15) is 5.60 Å². The van der Waals surface area contributed by atoms with Crippen LogP contribution in [-0.2, 0) is 9.57 Å². The molecule has 0 atom stereocenters. The minimum atomic E-state index is -0.801. The number of rotatable bonds is 1. The Labute approximate surface area is 106 Å². The van der Waals surface area contributed by atoms with E-state index in [0.717, 1.165) is 5.56 Å². The standard InChI is InChI=1S/C13H17NO4/c1-9-7-5-6-8-10(9)11(15)18-14-12(16)17-13(2,3)4/h5-8H,1-4H3,(H,14,16). The maximum absolute atomic E-state index is 11.6. The lowest BCUT2D eigenvalue weighted by molar-refractivity contribution is -0.00135. The van der Waals surface area contributed by atoms with Gasteiger partial charge in [-0.15, -0.1) is 5.48 Å². The molecule has 0 bridgehead atoms. The molecule has 1 amide bonds. The molecule has 18 heavy (non-hydrogen) atoms. The van der Waals surface area contributed by atoms with Crippen molar-refractivity contribution in [2.75, 3.05) is 0 Å². The average molecular weight is 251 g/mol. The molecule has 5 heteroatoms. The van der Waals surface area contributed by atoms with Gasteiger partial charge in [-0.1, -0.05) is 18.2 Å². The second-order valence-corrected chi connectivity index (χ2v) is 4.81. The first-order chi connectivity index (χ1) is 8.29. The van der Waals surface area contributed by atoms with Crippen molar-refractivity contribution in [1.29, 1.82) is 0 Å². The van der Waals surface area contributed by atoms with Crippen LogP contribution in [0.5, 0.6) is 0 Å². The van der Waals surface area contributed by atoms with Crippen LogP contribution >= 0.6 is 0 Å². The maximum Gasteiger partial charge on any atom is 0.441 e. The lowest BCUT2D eigenvalue weighted by atomic mass is 10.1. The molecular weight excluding hydrogens is 234 g/mol. The van der Waals surface area contributed by atoms with Gasteiger partial charge >= 0.3 is 12.1 Å². The zero-order valence-electron chi connectivity index (χ0n) is 10.9. The van der Waals surface area contributed by atoms with Crippen LogP contribution in [0.15, 0.2) is 24.3 Å². The molecule has 0 fully saturated rings. The number of hydroxylamine groups is 1. The zero-order valence-corrected chi connectivity index (χ0v) is 10.9. The molecule has 0 aliphatic carbocycles. The molecule has 0 aliphatic heterocycles. The molecule has 0 heterocycles. The lowest BCUT2D eigenvalue weighted by Crippen LogP contribution is -2.34. The predicted octanol–water partition coefficient (Wildman–Crippen LogP) is 2.59. The monoisotopic (exact) mass is 251 g/mol. The Bertz CT molecular complexity index is 449. The first-order valence-corrected chi connectivity index (χ1v) is 5.55. The van der Waals surface area contributed by atoms with E-state index in [0.29, 0.717) is 5.56 Å². The van der Waals surface area contributed by atoms with Gasteiger partial charge in [-0.25, -0.2) is 9.59 Å². The van der Waals surface area contributed by atoms with Gasteiger partial charge in [0.25, 0.3) is 0 Å². The van der Waals surface area contributed by atoms with E-state index in [2.05, 4.69) is 4.84 Å². The zero-order chi connectivity index (χ0) is 13.8. The summed E-state index contributed by atoms with van der Waals surface area (Å²) in [6.45, 7) is 6.94. The van der Waals surface area contributed by atoms with Crippen molar-refractivity contribution < 1.29 is 19.2 Å². The summed E-state index contributed by atoms with van der Waals surface area (Å²) in [5.74, 6) is -0.626. The molecule has 0 saturated carbocycles. The number of hydrogen-bond donors (Lipinski definition) is 1. The summed E-state index contributed by atoms with van der Waals surface area (Å²) in [4.78, 5) is 27.6. The van der Waals surface area contributed by atoms with E-state index in [4.69, 9.17) is 4.74 Å². The van der Waals surface area contributed by atoms with Crippen LogP contribution in [-0.4, -0.2) is 17.7 Å². The number of ether oxygens (including phenoxy) is 1. The van der Waals surface area contributed by atoms with Crippen LogP contribution in [0, 0.1) is 6.92 Å². The lowest BCUT2D eigenvalue weighted by Gasteiger charge is -2.19. The van der Waals surface area contributed by atoms with Crippen molar-refractivity contribution in [2.24, 2.45) is 0 Å². The van der Waals surface area contributed by atoms with Gasteiger partial charge < -0.3 is 9.57 Å². The highest BCUT2D eigenvalue weighted by Gasteiger charge is 2.18. The third-order valence-corrected chi connectivity index (χ3v) is 1.99. The maximum atomic E-state index is 11.6. The third-order valence-electron chi connectivity index (χ3n) is 1.99. The average Bonchev–Trinajstić information content (AvgIpc) is 2.24. The predicted molar refractivity (Wildman–Crippen MR) is 66.0 cm³/mol. The van der Waals surface area contributed by atoms with Gasteiger partial charge in [0.05, 0.1) is 5.56 Å². The molecule has 1 rings (SSSR count). The van der Waals surface area contributed by atoms with Crippen molar-refractivity contribution in [3.8, 4) is 0 Å². The highest BCUT2D eigenvalue weighted by Crippen LogP contribution is 2.09. The van der Waals surface area contributed by atoms with Crippen LogP contribution in [0.4, 0.5) is 4.79 Å².